The number of nitrogens with zero attached hydrogens (tertiary/aromatic N) is 5. The van der Waals surface area contributed by atoms with Crippen LogP contribution in [0.5, 0.6) is 0 Å². The molecule has 1 N–H and O–H groups in total. The second-order valence-electron chi connectivity index (χ2n) is 7.55. The number of aryl methyl sites for hydroxylation is 2. The molecule has 0 bridgehead atoms. The van der Waals surface area contributed by atoms with Gasteiger partial charge in [0.1, 0.15) is 17.5 Å². The summed E-state index contributed by atoms with van der Waals surface area (Å²) in [4.78, 5) is 16.6. The first-order valence-corrected chi connectivity index (χ1v) is 11.0. The van der Waals surface area contributed by atoms with Gasteiger partial charge >= 0.3 is 0 Å². The highest BCUT2D eigenvalue weighted by molar-refractivity contribution is 5.86. The van der Waals surface area contributed by atoms with Gasteiger partial charge in [0.05, 0.1) is 0 Å². The maximum Gasteiger partial charge on any atom is 0.166 e. The van der Waals surface area contributed by atoms with Crippen LogP contribution in [0.4, 0.5) is 10.2 Å². The zero-order chi connectivity index (χ0) is 21.5. The van der Waals surface area contributed by atoms with E-state index in [1.54, 1.807) is 12.1 Å². The highest BCUT2D eigenvalue weighted by Gasteiger charge is 2.18. The minimum Gasteiger partial charge on any atom is -0.368 e. The Morgan fingerprint density at radius 3 is 2.40 bits per heavy atom. The number of imidazole rings is 1. The van der Waals surface area contributed by atoms with Gasteiger partial charge in [-0.1, -0.05) is 20.8 Å². The van der Waals surface area contributed by atoms with Gasteiger partial charge in [0, 0.05) is 18.7 Å². The van der Waals surface area contributed by atoms with Crippen molar-refractivity contribution in [3.63, 3.8) is 0 Å². The van der Waals surface area contributed by atoms with Crippen molar-refractivity contribution in [2.75, 3.05) is 31.5 Å². The molecule has 2 aromatic heterocycles. The third-order valence-corrected chi connectivity index (χ3v) is 5.34. The summed E-state index contributed by atoms with van der Waals surface area (Å²) in [5, 5.41) is 3.48. The monoisotopic (exact) mass is 412 g/mol. The number of benzene rings is 1. The first kappa shape index (κ1) is 22.2. The second kappa shape index (κ2) is 10.5. The van der Waals surface area contributed by atoms with Crippen LogP contribution in [-0.2, 0) is 6.54 Å². The normalized spacial score (nSPS) is 11.5. The highest BCUT2D eigenvalue weighted by Crippen LogP contribution is 2.28. The van der Waals surface area contributed by atoms with Crippen molar-refractivity contribution in [3.8, 4) is 11.4 Å². The number of halogens is 1. The average molecular weight is 413 g/mol. The molecule has 6 nitrogen and oxygen atoms in total. The van der Waals surface area contributed by atoms with E-state index in [9.17, 15) is 4.39 Å². The summed E-state index contributed by atoms with van der Waals surface area (Å²) >= 11 is 0. The smallest absolute Gasteiger partial charge is 0.166 e. The number of anilines is 1. The van der Waals surface area contributed by atoms with E-state index in [1.807, 2.05) is 6.92 Å². The number of hydrogen-bond donors (Lipinski definition) is 1. The fraction of sp³-hybridized carbons (Fsp3) is 0.522. The third-order valence-electron chi connectivity index (χ3n) is 5.34. The Balaban J connectivity index is 1.85. The van der Waals surface area contributed by atoms with Crippen molar-refractivity contribution in [2.24, 2.45) is 0 Å². The third kappa shape index (κ3) is 5.14. The van der Waals surface area contributed by atoms with Crippen LogP contribution in [0.15, 0.2) is 24.3 Å². The summed E-state index contributed by atoms with van der Waals surface area (Å²) in [7, 11) is 0. The molecule has 0 saturated heterocycles. The van der Waals surface area contributed by atoms with E-state index in [0.717, 1.165) is 86.2 Å². The van der Waals surface area contributed by atoms with E-state index in [0.29, 0.717) is 0 Å². The second-order valence-corrected chi connectivity index (χ2v) is 7.55. The van der Waals surface area contributed by atoms with Crippen LogP contribution in [0.25, 0.3) is 22.6 Å². The van der Waals surface area contributed by atoms with Gasteiger partial charge in [0.15, 0.2) is 17.0 Å². The summed E-state index contributed by atoms with van der Waals surface area (Å²) in [5.41, 5.74) is 2.48. The standard InChI is InChI=1S/C23H33FN6/c1-5-15-30-22(18-10-12-19(24)13-11-18)28-20-21(26-17(4)27-23(20)30)25-14-8-9-16-29(6-2)7-3/h10-13H,5-9,14-16H2,1-4H3,(H,25,26,27). The van der Waals surface area contributed by atoms with Gasteiger partial charge in [-0.3, -0.25) is 0 Å². The summed E-state index contributed by atoms with van der Waals surface area (Å²) in [6, 6.07) is 6.47. The summed E-state index contributed by atoms with van der Waals surface area (Å²) in [6.07, 6.45) is 3.17. The molecular formula is C23H33FN6. The van der Waals surface area contributed by atoms with Gasteiger partial charge in [-0.05, 0) is 70.1 Å². The van der Waals surface area contributed by atoms with E-state index in [1.165, 1.54) is 12.1 Å². The lowest BCUT2D eigenvalue weighted by Crippen LogP contribution is -2.24. The van der Waals surface area contributed by atoms with Crippen molar-refractivity contribution in [3.05, 3.63) is 35.9 Å². The molecule has 1 aromatic carbocycles. The van der Waals surface area contributed by atoms with E-state index >= 15 is 0 Å². The first-order valence-electron chi connectivity index (χ1n) is 11.0. The minimum absolute atomic E-state index is 0.250. The molecule has 0 fully saturated rings. The van der Waals surface area contributed by atoms with Crippen LogP contribution in [0.3, 0.4) is 0 Å². The largest absolute Gasteiger partial charge is 0.368 e. The van der Waals surface area contributed by atoms with Crippen molar-refractivity contribution in [2.45, 2.75) is 53.5 Å². The summed E-state index contributed by atoms with van der Waals surface area (Å²) < 4.78 is 15.5. The van der Waals surface area contributed by atoms with Crippen LogP contribution < -0.4 is 5.32 Å². The lowest BCUT2D eigenvalue weighted by Gasteiger charge is -2.17. The SMILES string of the molecule is CCCn1c(-c2ccc(F)cc2)nc2c(NCCCCN(CC)CC)nc(C)nc21. The van der Waals surface area contributed by atoms with Gasteiger partial charge in [0.25, 0.3) is 0 Å². The Bertz CT molecular complexity index is 946. The molecule has 3 rings (SSSR count). The van der Waals surface area contributed by atoms with Gasteiger partial charge in [-0.15, -0.1) is 0 Å². The van der Waals surface area contributed by atoms with Gasteiger partial charge in [0.2, 0.25) is 0 Å². The molecule has 0 unspecified atom stereocenters. The molecule has 0 amide bonds. The minimum atomic E-state index is -0.250. The fourth-order valence-corrected chi connectivity index (χ4v) is 3.69. The van der Waals surface area contributed by atoms with Gasteiger partial charge < -0.3 is 14.8 Å². The average Bonchev–Trinajstić information content (AvgIpc) is 3.10. The number of fused-ring (bicyclic) bond motifs is 1. The maximum absolute atomic E-state index is 13.4. The summed E-state index contributed by atoms with van der Waals surface area (Å²) in [6.45, 7) is 13.4. The maximum atomic E-state index is 13.4. The molecule has 0 aliphatic heterocycles. The fourth-order valence-electron chi connectivity index (χ4n) is 3.69. The Hall–Kier alpha value is -2.54. The topological polar surface area (TPSA) is 58.9 Å². The van der Waals surface area contributed by atoms with Gasteiger partial charge in [-0.2, -0.15) is 0 Å². The molecule has 0 aliphatic rings. The van der Waals surface area contributed by atoms with Gasteiger partial charge in [-0.25, -0.2) is 19.3 Å². The van der Waals surface area contributed by atoms with E-state index < -0.39 is 0 Å². The first-order chi connectivity index (χ1) is 14.6. The van der Waals surface area contributed by atoms with E-state index in [-0.39, 0.29) is 5.82 Å². The van der Waals surface area contributed by atoms with E-state index in [4.69, 9.17) is 4.98 Å². The van der Waals surface area contributed by atoms with Crippen LogP contribution in [0, 0.1) is 12.7 Å². The molecule has 30 heavy (non-hydrogen) atoms. The number of hydrogen-bond acceptors (Lipinski definition) is 5. The molecule has 0 atom stereocenters. The molecular weight excluding hydrogens is 379 g/mol. The predicted octanol–water partition coefficient (Wildman–Crippen LogP) is 4.88. The molecule has 162 valence electrons. The Labute approximate surface area is 178 Å². The van der Waals surface area contributed by atoms with Crippen molar-refractivity contribution < 1.29 is 4.39 Å². The van der Waals surface area contributed by atoms with Crippen LogP contribution in [-0.4, -0.2) is 50.6 Å². The summed E-state index contributed by atoms with van der Waals surface area (Å²) in [5.74, 6) is 2.05. The number of rotatable bonds is 11. The Morgan fingerprint density at radius 2 is 1.73 bits per heavy atom. The van der Waals surface area contributed by atoms with Crippen molar-refractivity contribution >= 4 is 17.0 Å². The molecule has 0 aliphatic carbocycles. The number of nitrogens with one attached hydrogen (secondary N) is 1. The molecule has 3 aromatic rings. The quantitative estimate of drug-likeness (QED) is 0.455. The molecule has 0 radical (unpaired) electrons. The lowest BCUT2D eigenvalue weighted by molar-refractivity contribution is 0.298. The number of unbranched alkanes of at least 4 members (excludes halogenated alkanes) is 1. The van der Waals surface area contributed by atoms with Crippen molar-refractivity contribution in [1.82, 2.24) is 24.4 Å². The van der Waals surface area contributed by atoms with E-state index in [2.05, 4.69) is 45.5 Å². The van der Waals surface area contributed by atoms with Crippen LogP contribution in [0.2, 0.25) is 0 Å². The predicted molar refractivity (Wildman–Crippen MR) is 121 cm³/mol. The molecule has 0 saturated carbocycles. The molecule has 2 heterocycles. The zero-order valence-electron chi connectivity index (χ0n) is 18.6. The molecule has 0 spiro atoms. The lowest BCUT2D eigenvalue weighted by atomic mass is 10.2. The highest BCUT2D eigenvalue weighted by atomic mass is 19.1. The van der Waals surface area contributed by atoms with Crippen LogP contribution in [0.1, 0.15) is 45.9 Å². The molecule has 7 heteroatoms. The number of aromatic nitrogens is 4. The Kier molecular flexibility index (Phi) is 7.74. The van der Waals surface area contributed by atoms with Crippen LogP contribution >= 0.6 is 0 Å². The van der Waals surface area contributed by atoms with Crippen molar-refractivity contribution in [1.29, 1.82) is 0 Å². The zero-order valence-corrected chi connectivity index (χ0v) is 18.6. The Morgan fingerprint density at radius 1 is 1.00 bits per heavy atom.